The number of benzene rings is 2. The number of anilines is 2. The molecule has 11 heteroatoms. The molecule has 1 saturated heterocycles. The summed E-state index contributed by atoms with van der Waals surface area (Å²) in [7, 11) is -3.71. The van der Waals surface area contributed by atoms with Gasteiger partial charge in [-0.25, -0.2) is 8.42 Å². The van der Waals surface area contributed by atoms with Crippen molar-refractivity contribution in [2.45, 2.75) is 18.4 Å². The van der Waals surface area contributed by atoms with Crippen LogP contribution in [0.4, 0.5) is 20.2 Å². The average molecular weight is 455 g/mol. The number of carbonyl (C=O) groups is 1. The van der Waals surface area contributed by atoms with E-state index in [9.17, 15) is 22.0 Å². The number of halogens is 2. The van der Waals surface area contributed by atoms with Crippen molar-refractivity contribution < 1.29 is 31.5 Å². The molecule has 168 valence electrons. The highest BCUT2D eigenvalue weighted by atomic mass is 32.2. The molecular formula is C20H23F2N3O5S. The molecule has 1 aliphatic rings. The Morgan fingerprint density at radius 3 is 2.58 bits per heavy atom. The second-order valence-corrected chi connectivity index (χ2v) is 8.71. The van der Waals surface area contributed by atoms with Crippen LogP contribution in [-0.2, 0) is 19.6 Å². The van der Waals surface area contributed by atoms with Gasteiger partial charge in [0, 0.05) is 18.8 Å². The molecule has 2 aromatic rings. The van der Waals surface area contributed by atoms with Gasteiger partial charge < -0.3 is 20.1 Å². The van der Waals surface area contributed by atoms with E-state index in [1.807, 2.05) is 0 Å². The van der Waals surface area contributed by atoms with Crippen molar-refractivity contribution in [3.05, 3.63) is 48.0 Å². The molecule has 31 heavy (non-hydrogen) atoms. The van der Waals surface area contributed by atoms with E-state index in [2.05, 4.69) is 15.4 Å². The van der Waals surface area contributed by atoms with Crippen LogP contribution in [0, 0.1) is 6.92 Å². The predicted octanol–water partition coefficient (Wildman–Crippen LogP) is 2.67. The van der Waals surface area contributed by atoms with Crippen molar-refractivity contribution in [2.75, 3.05) is 43.5 Å². The van der Waals surface area contributed by atoms with E-state index >= 15 is 0 Å². The third-order valence-corrected chi connectivity index (χ3v) is 6.53. The molecule has 1 aliphatic heterocycles. The number of hydrogen-bond acceptors (Lipinski definition) is 6. The number of amides is 1. The number of alkyl halides is 2. The molecule has 0 saturated carbocycles. The Morgan fingerprint density at radius 1 is 1.16 bits per heavy atom. The number of hydrogen-bond donors (Lipinski definition) is 2. The van der Waals surface area contributed by atoms with E-state index in [0.717, 1.165) is 0 Å². The molecule has 0 aromatic heterocycles. The van der Waals surface area contributed by atoms with E-state index in [1.54, 1.807) is 19.1 Å². The second kappa shape index (κ2) is 10.0. The largest absolute Gasteiger partial charge is 0.433 e. The Morgan fingerprint density at radius 2 is 1.87 bits per heavy atom. The van der Waals surface area contributed by atoms with Crippen molar-refractivity contribution in [1.29, 1.82) is 0 Å². The lowest BCUT2D eigenvalue weighted by molar-refractivity contribution is -0.114. The van der Waals surface area contributed by atoms with Gasteiger partial charge in [0.1, 0.15) is 5.75 Å². The van der Waals surface area contributed by atoms with Crippen LogP contribution in [0.25, 0.3) is 0 Å². The summed E-state index contributed by atoms with van der Waals surface area (Å²) in [5, 5.41) is 5.40. The molecule has 8 nitrogen and oxygen atoms in total. The van der Waals surface area contributed by atoms with E-state index in [4.69, 9.17) is 4.74 Å². The zero-order chi connectivity index (χ0) is 22.4. The Balaban J connectivity index is 1.69. The van der Waals surface area contributed by atoms with Gasteiger partial charge in [-0.15, -0.1) is 0 Å². The molecule has 0 unspecified atom stereocenters. The maximum absolute atomic E-state index is 12.8. The number of nitrogens with zero attached hydrogens (tertiary/aromatic N) is 1. The summed E-state index contributed by atoms with van der Waals surface area (Å²) in [6.45, 7) is -0.294. The number of sulfonamides is 1. The summed E-state index contributed by atoms with van der Waals surface area (Å²) in [4.78, 5) is 12.5. The van der Waals surface area contributed by atoms with Crippen LogP contribution in [0.2, 0.25) is 0 Å². The molecule has 0 aliphatic carbocycles. The number of carbonyl (C=O) groups excluding carboxylic acids is 1. The minimum atomic E-state index is -3.71. The number of ether oxygens (including phenoxy) is 2. The molecule has 1 amide bonds. The van der Waals surface area contributed by atoms with Gasteiger partial charge in [-0.3, -0.25) is 4.79 Å². The smallest absolute Gasteiger partial charge is 0.387 e. The van der Waals surface area contributed by atoms with Crippen LogP contribution >= 0.6 is 0 Å². The van der Waals surface area contributed by atoms with E-state index in [-0.39, 0.29) is 36.0 Å². The van der Waals surface area contributed by atoms with E-state index in [0.29, 0.717) is 24.5 Å². The zero-order valence-corrected chi connectivity index (χ0v) is 17.6. The van der Waals surface area contributed by atoms with Crippen molar-refractivity contribution in [3.63, 3.8) is 0 Å². The van der Waals surface area contributed by atoms with Gasteiger partial charge in [-0.2, -0.15) is 13.1 Å². The molecular weight excluding hydrogens is 432 g/mol. The fourth-order valence-corrected chi connectivity index (χ4v) is 4.45. The van der Waals surface area contributed by atoms with Crippen LogP contribution in [0.3, 0.4) is 0 Å². The van der Waals surface area contributed by atoms with Gasteiger partial charge in [-0.05, 0) is 36.8 Å². The number of para-hydroxylation sites is 2. The van der Waals surface area contributed by atoms with E-state index in [1.165, 1.54) is 34.6 Å². The first kappa shape index (κ1) is 22.9. The van der Waals surface area contributed by atoms with Crippen LogP contribution < -0.4 is 15.4 Å². The highest BCUT2D eigenvalue weighted by Crippen LogP contribution is 2.26. The lowest BCUT2D eigenvalue weighted by atomic mass is 10.2. The first-order chi connectivity index (χ1) is 14.8. The summed E-state index contributed by atoms with van der Waals surface area (Å²) in [6.07, 6.45) is 0. The Kier molecular flexibility index (Phi) is 7.42. The number of aryl methyl sites for hydroxylation is 1. The molecule has 0 atom stereocenters. The number of rotatable bonds is 8. The van der Waals surface area contributed by atoms with Crippen LogP contribution in [0.1, 0.15) is 5.56 Å². The van der Waals surface area contributed by atoms with Crippen LogP contribution in [-0.4, -0.2) is 58.1 Å². The van der Waals surface area contributed by atoms with Crippen molar-refractivity contribution >= 4 is 27.3 Å². The number of nitrogens with one attached hydrogen (secondary N) is 2. The fraction of sp³-hybridized carbons (Fsp3) is 0.350. The quantitative estimate of drug-likeness (QED) is 0.635. The number of morpholine rings is 1. The molecule has 0 radical (unpaired) electrons. The third kappa shape index (κ3) is 5.90. The molecule has 3 rings (SSSR count). The molecule has 0 bridgehead atoms. The summed E-state index contributed by atoms with van der Waals surface area (Å²) in [5.74, 6) is -0.559. The third-order valence-electron chi connectivity index (χ3n) is 4.63. The standard InChI is InChI=1S/C20H23F2N3O5S/c1-14-6-7-15(31(27,28)25-8-10-29-11-9-25)12-17(14)24-19(26)13-23-16-4-2-3-5-18(16)30-20(21)22/h2-7,12,20,23H,8-11,13H2,1H3,(H,24,26). The van der Waals surface area contributed by atoms with Crippen LogP contribution in [0.15, 0.2) is 47.4 Å². The molecule has 2 N–H and O–H groups in total. The summed E-state index contributed by atoms with van der Waals surface area (Å²) in [5.41, 5.74) is 1.26. The Labute approximate surface area is 179 Å². The topological polar surface area (TPSA) is 97.0 Å². The second-order valence-electron chi connectivity index (χ2n) is 6.77. The maximum Gasteiger partial charge on any atom is 0.387 e. The highest BCUT2D eigenvalue weighted by molar-refractivity contribution is 7.89. The van der Waals surface area contributed by atoms with Gasteiger partial charge in [0.25, 0.3) is 0 Å². The predicted molar refractivity (Wildman–Crippen MR) is 111 cm³/mol. The highest BCUT2D eigenvalue weighted by Gasteiger charge is 2.27. The van der Waals surface area contributed by atoms with Crippen molar-refractivity contribution in [3.8, 4) is 5.75 Å². The van der Waals surface area contributed by atoms with Gasteiger partial charge in [0.2, 0.25) is 15.9 Å². The van der Waals surface area contributed by atoms with Gasteiger partial charge >= 0.3 is 6.61 Å². The Bertz CT molecular complexity index is 1030. The van der Waals surface area contributed by atoms with Gasteiger partial charge in [0.05, 0.1) is 30.3 Å². The monoisotopic (exact) mass is 455 g/mol. The van der Waals surface area contributed by atoms with Crippen molar-refractivity contribution in [1.82, 2.24) is 4.31 Å². The SMILES string of the molecule is Cc1ccc(S(=O)(=O)N2CCOCC2)cc1NC(=O)CNc1ccccc1OC(F)F. The first-order valence-electron chi connectivity index (χ1n) is 9.53. The molecule has 1 heterocycles. The van der Waals surface area contributed by atoms with E-state index < -0.39 is 22.5 Å². The van der Waals surface area contributed by atoms with Gasteiger partial charge in [0.15, 0.2) is 0 Å². The van der Waals surface area contributed by atoms with Gasteiger partial charge in [-0.1, -0.05) is 18.2 Å². The lowest BCUT2D eigenvalue weighted by Crippen LogP contribution is -2.40. The van der Waals surface area contributed by atoms with Crippen LogP contribution in [0.5, 0.6) is 5.75 Å². The fourth-order valence-electron chi connectivity index (χ4n) is 3.01. The minimum Gasteiger partial charge on any atom is -0.433 e. The lowest BCUT2D eigenvalue weighted by Gasteiger charge is -2.26. The molecule has 1 fully saturated rings. The summed E-state index contributed by atoms with van der Waals surface area (Å²) in [6, 6.07) is 10.5. The summed E-state index contributed by atoms with van der Waals surface area (Å²) < 4.78 is 61.7. The Hall–Kier alpha value is -2.76. The minimum absolute atomic E-state index is 0.0685. The molecule has 0 spiro atoms. The molecule has 2 aromatic carbocycles. The zero-order valence-electron chi connectivity index (χ0n) is 16.8. The average Bonchev–Trinajstić information content (AvgIpc) is 2.75. The maximum atomic E-state index is 12.8. The summed E-state index contributed by atoms with van der Waals surface area (Å²) >= 11 is 0. The first-order valence-corrected chi connectivity index (χ1v) is 11.0. The van der Waals surface area contributed by atoms with Crippen molar-refractivity contribution in [2.24, 2.45) is 0 Å². The normalized spacial score (nSPS) is 15.0.